The van der Waals surface area contributed by atoms with Crippen molar-refractivity contribution in [1.82, 2.24) is 4.98 Å². The van der Waals surface area contributed by atoms with Crippen LogP contribution in [0.5, 0.6) is 5.75 Å². The van der Waals surface area contributed by atoms with Crippen LogP contribution in [0.4, 0.5) is 5.13 Å². The van der Waals surface area contributed by atoms with Crippen LogP contribution < -0.4 is 10.1 Å². The van der Waals surface area contributed by atoms with Crippen molar-refractivity contribution in [2.45, 2.75) is 19.4 Å². The van der Waals surface area contributed by atoms with Gasteiger partial charge in [-0.3, -0.25) is 0 Å². The summed E-state index contributed by atoms with van der Waals surface area (Å²) in [4.78, 5) is 4.58. The van der Waals surface area contributed by atoms with Crippen LogP contribution in [0.2, 0.25) is 0 Å². The molecular formula is C13H18N2OS2. The van der Waals surface area contributed by atoms with Crippen molar-refractivity contribution in [3.63, 3.8) is 0 Å². The van der Waals surface area contributed by atoms with Gasteiger partial charge >= 0.3 is 0 Å². The molecule has 1 atom stereocenters. The van der Waals surface area contributed by atoms with Gasteiger partial charge < -0.3 is 10.1 Å². The van der Waals surface area contributed by atoms with E-state index in [9.17, 15) is 0 Å². The van der Waals surface area contributed by atoms with E-state index in [0.29, 0.717) is 6.04 Å². The van der Waals surface area contributed by atoms with E-state index in [1.54, 1.807) is 18.4 Å². The molecule has 1 aromatic carbocycles. The van der Waals surface area contributed by atoms with E-state index in [1.807, 2.05) is 30.0 Å². The lowest BCUT2D eigenvalue weighted by atomic mass is 10.3. The Balaban J connectivity index is 2.09. The molecule has 18 heavy (non-hydrogen) atoms. The summed E-state index contributed by atoms with van der Waals surface area (Å²) in [6.45, 7) is 2.20. The molecule has 1 aromatic heterocycles. The maximum atomic E-state index is 5.22. The zero-order valence-corrected chi connectivity index (χ0v) is 12.5. The molecule has 98 valence electrons. The van der Waals surface area contributed by atoms with Crippen LogP contribution >= 0.6 is 23.1 Å². The van der Waals surface area contributed by atoms with Crippen molar-refractivity contribution in [3.8, 4) is 5.75 Å². The van der Waals surface area contributed by atoms with Gasteiger partial charge in [0.1, 0.15) is 5.75 Å². The molecule has 1 unspecified atom stereocenters. The van der Waals surface area contributed by atoms with Crippen LogP contribution in [-0.4, -0.2) is 30.1 Å². The Kier molecular flexibility index (Phi) is 4.72. The lowest BCUT2D eigenvalue weighted by molar-refractivity contribution is 0.415. The highest BCUT2D eigenvalue weighted by Crippen LogP contribution is 2.29. The highest BCUT2D eigenvalue weighted by molar-refractivity contribution is 7.98. The van der Waals surface area contributed by atoms with Gasteiger partial charge in [-0.05, 0) is 43.6 Å². The summed E-state index contributed by atoms with van der Waals surface area (Å²) in [6, 6.07) is 6.44. The van der Waals surface area contributed by atoms with Gasteiger partial charge in [0.25, 0.3) is 0 Å². The molecule has 0 saturated carbocycles. The van der Waals surface area contributed by atoms with Gasteiger partial charge in [0.05, 0.1) is 17.3 Å². The Morgan fingerprint density at radius 1 is 1.50 bits per heavy atom. The third-order valence-corrected chi connectivity index (χ3v) is 4.31. The minimum absolute atomic E-state index is 0.458. The zero-order chi connectivity index (χ0) is 13.0. The Bertz CT molecular complexity index is 513. The second-order valence-corrected chi connectivity index (χ2v) is 6.20. The number of benzene rings is 1. The van der Waals surface area contributed by atoms with E-state index < -0.39 is 0 Å². The second kappa shape index (κ2) is 6.29. The van der Waals surface area contributed by atoms with Crippen molar-refractivity contribution in [1.29, 1.82) is 0 Å². The van der Waals surface area contributed by atoms with Gasteiger partial charge in [-0.15, -0.1) is 0 Å². The van der Waals surface area contributed by atoms with E-state index in [-0.39, 0.29) is 0 Å². The van der Waals surface area contributed by atoms with Crippen LogP contribution in [0, 0.1) is 0 Å². The summed E-state index contributed by atoms with van der Waals surface area (Å²) in [5.74, 6) is 2.06. The van der Waals surface area contributed by atoms with E-state index in [2.05, 4.69) is 23.5 Å². The quantitative estimate of drug-likeness (QED) is 0.872. The summed E-state index contributed by atoms with van der Waals surface area (Å²) in [7, 11) is 1.69. The molecule has 2 rings (SSSR count). The van der Waals surface area contributed by atoms with Crippen LogP contribution in [0.3, 0.4) is 0 Å². The molecule has 1 heterocycles. The normalized spacial score (nSPS) is 12.6. The standard InChI is InChI=1S/C13H18N2OS2/c1-9(6-7-17-3)14-13-15-11-5-4-10(16-2)8-12(11)18-13/h4-5,8-9H,6-7H2,1-3H3,(H,14,15). The van der Waals surface area contributed by atoms with Gasteiger partial charge in [-0.2, -0.15) is 11.8 Å². The zero-order valence-electron chi connectivity index (χ0n) is 10.9. The van der Waals surface area contributed by atoms with Crippen LogP contribution in [0.1, 0.15) is 13.3 Å². The minimum atomic E-state index is 0.458. The lowest BCUT2D eigenvalue weighted by Gasteiger charge is -2.11. The summed E-state index contributed by atoms with van der Waals surface area (Å²) < 4.78 is 6.38. The van der Waals surface area contributed by atoms with Crippen molar-refractivity contribution in [3.05, 3.63) is 18.2 Å². The predicted octanol–water partition coefficient (Wildman–Crippen LogP) is 3.86. The number of hydrogen-bond donors (Lipinski definition) is 1. The smallest absolute Gasteiger partial charge is 0.184 e. The number of ether oxygens (including phenoxy) is 1. The van der Waals surface area contributed by atoms with Gasteiger partial charge in [-0.25, -0.2) is 4.98 Å². The Labute approximate surface area is 116 Å². The monoisotopic (exact) mass is 282 g/mol. The van der Waals surface area contributed by atoms with Gasteiger partial charge in [0.2, 0.25) is 0 Å². The number of rotatable bonds is 6. The third kappa shape index (κ3) is 3.29. The fourth-order valence-corrected chi connectivity index (χ4v) is 3.27. The van der Waals surface area contributed by atoms with Crippen molar-refractivity contribution < 1.29 is 4.74 Å². The number of aromatic nitrogens is 1. The van der Waals surface area contributed by atoms with Crippen molar-refractivity contribution in [2.24, 2.45) is 0 Å². The Hall–Kier alpha value is -0.940. The van der Waals surface area contributed by atoms with E-state index in [0.717, 1.165) is 27.5 Å². The van der Waals surface area contributed by atoms with E-state index in [4.69, 9.17) is 4.74 Å². The molecule has 3 nitrogen and oxygen atoms in total. The molecule has 1 N–H and O–H groups in total. The molecule has 0 radical (unpaired) electrons. The highest BCUT2D eigenvalue weighted by Gasteiger charge is 2.07. The average Bonchev–Trinajstić information content (AvgIpc) is 2.77. The molecule has 0 saturated heterocycles. The largest absolute Gasteiger partial charge is 0.497 e. The molecule has 0 amide bonds. The molecule has 0 spiro atoms. The molecule has 0 aliphatic carbocycles. The number of methoxy groups -OCH3 is 1. The SMILES string of the molecule is COc1ccc2nc(NC(C)CCSC)sc2c1. The number of nitrogens with one attached hydrogen (secondary N) is 1. The first-order valence-corrected chi connectivity index (χ1v) is 8.14. The first-order chi connectivity index (χ1) is 8.72. The number of fused-ring (bicyclic) bond motifs is 1. The summed E-state index contributed by atoms with van der Waals surface area (Å²) in [5, 5.41) is 4.45. The summed E-state index contributed by atoms with van der Waals surface area (Å²) >= 11 is 3.56. The fraction of sp³-hybridized carbons (Fsp3) is 0.462. The molecule has 5 heteroatoms. The second-order valence-electron chi connectivity index (χ2n) is 4.18. The predicted molar refractivity (Wildman–Crippen MR) is 82.3 cm³/mol. The van der Waals surface area contributed by atoms with Gasteiger partial charge in [0, 0.05) is 6.04 Å². The van der Waals surface area contributed by atoms with E-state index >= 15 is 0 Å². The number of hydrogen-bond acceptors (Lipinski definition) is 5. The number of nitrogens with zero attached hydrogens (tertiary/aromatic N) is 1. The maximum Gasteiger partial charge on any atom is 0.184 e. The van der Waals surface area contributed by atoms with Crippen LogP contribution in [0.15, 0.2) is 18.2 Å². The number of thiazole rings is 1. The molecule has 0 bridgehead atoms. The van der Waals surface area contributed by atoms with Crippen molar-refractivity contribution >= 4 is 38.4 Å². The third-order valence-electron chi connectivity index (χ3n) is 2.72. The average molecular weight is 282 g/mol. The number of thioether (sulfide) groups is 1. The topological polar surface area (TPSA) is 34.1 Å². The highest BCUT2D eigenvalue weighted by atomic mass is 32.2. The fourth-order valence-electron chi connectivity index (χ4n) is 1.67. The van der Waals surface area contributed by atoms with Crippen molar-refractivity contribution in [2.75, 3.05) is 24.4 Å². The summed E-state index contributed by atoms with van der Waals surface area (Å²) in [6.07, 6.45) is 3.29. The van der Waals surface area contributed by atoms with Gasteiger partial charge in [-0.1, -0.05) is 11.3 Å². The Morgan fingerprint density at radius 2 is 2.33 bits per heavy atom. The van der Waals surface area contributed by atoms with Crippen LogP contribution in [0.25, 0.3) is 10.2 Å². The Morgan fingerprint density at radius 3 is 3.06 bits per heavy atom. The maximum absolute atomic E-state index is 5.22. The molecule has 0 aliphatic heterocycles. The lowest BCUT2D eigenvalue weighted by Crippen LogP contribution is -2.15. The number of anilines is 1. The van der Waals surface area contributed by atoms with Crippen LogP contribution in [-0.2, 0) is 0 Å². The summed E-state index contributed by atoms with van der Waals surface area (Å²) in [5.41, 5.74) is 1.03. The molecule has 2 aromatic rings. The first-order valence-electron chi connectivity index (χ1n) is 5.93. The molecular weight excluding hydrogens is 264 g/mol. The first kappa shape index (κ1) is 13.5. The minimum Gasteiger partial charge on any atom is -0.497 e. The molecule has 0 aliphatic rings. The van der Waals surface area contributed by atoms with E-state index in [1.165, 1.54) is 5.75 Å². The molecule has 0 fully saturated rings. The van der Waals surface area contributed by atoms with Gasteiger partial charge in [0.15, 0.2) is 5.13 Å².